The van der Waals surface area contributed by atoms with Gasteiger partial charge in [0.25, 0.3) is 0 Å². The third kappa shape index (κ3) is 3.98. The second kappa shape index (κ2) is 6.94. The van der Waals surface area contributed by atoms with E-state index in [1.807, 2.05) is 30.4 Å². The van der Waals surface area contributed by atoms with Gasteiger partial charge in [-0.15, -0.1) is 0 Å². The maximum atomic E-state index is 11.9. The van der Waals surface area contributed by atoms with Crippen molar-refractivity contribution >= 4 is 11.7 Å². The number of amides is 2. The Kier molecular flexibility index (Phi) is 4.99. The molecular formula is C17H22N2O. The fourth-order valence-electron chi connectivity index (χ4n) is 2.16. The van der Waals surface area contributed by atoms with Gasteiger partial charge in [0.15, 0.2) is 0 Å². The van der Waals surface area contributed by atoms with Gasteiger partial charge in [0.2, 0.25) is 0 Å². The molecule has 2 rings (SSSR count). The topological polar surface area (TPSA) is 41.1 Å². The number of allylic oxidation sites excluding steroid dienone is 3. The van der Waals surface area contributed by atoms with Crippen molar-refractivity contribution < 1.29 is 4.79 Å². The van der Waals surface area contributed by atoms with E-state index in [0.29, 0.717) is 5.92 Å². The normalized spacial score (nSPS) is 15.4. The Hall–Kier alpha value is -2.03. The summed E-state index contributed by atoms with van der Waals surface area (Å²) in [7, 11) is 0. The molecule has 1 unspecified atom stereocenters. The second-order valence-corrected chi connectivity index (χ2v) is 5.15. The first-order chi connectivity index (χ1) is 9.69. The van der Waals surface area contributed by atoms with Gasteiger partial charge in [-0.05, 0) is 49.0 Å². The average Bonchev–Trinajstić information content (AvgIpc) is 2.47. The maximum absolute atomic E-state index is 11.9. The molecule has 0 saturated carbocycles. The zero-order valence-corrected chi connectivity index (χ0v) is 12.1. The van der Waals surface area contributed by atoms with Crippen LogP contribution in [0, 0.1) is 0 Å². The summed E-state index contributed by atoms with van der Waals surface area (Å²) in [4.78, 5) is 11.9. The first-order valence-corrected chi connectivity index (χ1v) is 7.23. The van der Waals surface area contributed by atoms with Gasteiger partial charge in [0, 0.05) is 11.4 Å². The van der Waals surface area contributed by atoms with Crippen molar-refractivity contribution in [2.45, 2.75) is 39.0 Å². The van der Waals surface area contributed by atoms with E-state index in [2.05, 4.69) is 36.6 Å². The van der Waals surface area contributed by atoms with Gasteiger partial charge in [-0.2, -0.15) is 0 Å². The molecule has 0 saturated heterocycles. The molecule has 1 atom stereocenters. The van der Waals surface area contributed by atoms with Crippen LogP contribution in [0.25, 0.3) is 0 Å². The van der Waals surface area contributed by atoms with Crippen molar-refractivity contribution in [1.82, 2.24) is 5.32 Å². The Morgan fingerprint density at radius 2 is 2.15 bits per heavy atom. The van der Waals surface area contributed by atoms with Gasteiger partial charge in [-0.1, -0.05) is 38.1 Å². The third-order valence-electron chi connectivity index (χ3n) is 3.58. The lowest BCUT2D eigenvalue weighted by molar-refractivity contribution is 0.254. The van der Waals surface area contributed by atoms with Crippen molar-refractivity contribution in [2.75, 3.05) is 5.32 Å². The zero-order valence-electron chi connectivity index (χ0n) is 12.1. The Bertz CT molecular complexity index is 532. The van der Waals surface area contributed by atoms with Crippen LogP contribution in [0.3, 0.4) is 0 Å². The first-order valence-electron chi connectivity index (χ1n) is 7.23. The van der Waals surface area contributed by atoms with E-state index >= 15 is 0 Å². The molecule has 0 fully saturated rings. The van der Waals surface area contributed by atoms with Gasteiger partial charge in [0.1, 0.15) is 0 Å². The molecule has 1 aliphatic carbocycles. The summed E-state index contributed by atoms with van der Waals surface area (Å²) >= 11 is 0. The highest BCUT2D eigenvalue weighted by Gasteiger charge is 2.07. The SMILES string of the molecule is CCC(C)c1cccc(NC(=O)NC2=CCCC=C2)c1. The molecule has 20 heavy (non-hydrogen) atoms. The number of hydrogen-bond donors (Lipinski definition) is 2. The molecule has 2 N–H and O–H groups in total. The highest BCUT2D eigenvalue weighted by molar-refractivity contribution is 5.90. The number of carbonyl (C=O) groups excluding carboxylic acids is 1. The Morgan fingerprint density at radius 3 is 2.85 bits per heavy atom. The molecule has 1 aromatic carbocycles. The lowest BCUT2D eigenvalue weighted by atomic mass is 9.98. The van der Waals surface area contributed by atoms with Gasteiger partial charge >= 0.3 is 6.03 Å². The number of hydrogen-bond acceptors (Lipinski definition) is 1. The monoisotopic (exact) mass is 270 g/mol. The quantitative estimate of drug-likeness (QED) is 0.827. The van der Waals surface area contributed by atoms with E-state index in [-0.39, 0.29) is 6.03 Å². The molecular weight excluding hydrogens is 248 g/mol. The molecule has 0 aromatic heterocycles. The minimum Gasteiger partial charge on any atom is -0.308 e. The van der Waals surface area contributed by atoms with Crippen molar-refractivity contribution in [2.24, 2.45) is 0 Å². The van der Waals surface area contributed by atoms with E-state index in [1.165, 1.54) is 5.56 Å². The Labute approximate surface area is 120 Å². The molecule has 106 valence electrons. The second-order valence-electron chi connectivity index (χ2n) is 5.15. The predicted octanol–water partition coefficient (Wildman–Crippen LogP) is 4.56. The molecule has 0 bridgehead atoms. The summed E-state index contributed by atoms with van der Waals surface area (Å²) in [6, 6.07) is 7.85. The first kappa shape index (κ1) is 14.4. The highest BCUT2D eigenvalue weighted by atomic mass is 16.2. The lowest BCUT2D eigenvalue weighted by Gasteiger charge is -2.13. The summed E-state index contributed by atoms with van der Waals surface area (Å²) < 4.78 is 0. The number of urea groups is 1. The molecule has 2 amide bonds. The van der Waals surface area contributed by atoms with Crippen LogP contribution in [-0.2, 0) is 0 Å². The summed E-state index contributed by atoms with van der Waals surface area (Å²) in [6.45, 7) is 4.36. The summed E-state index contributed by atoms with van der Waals surface area (Å²) in [5.74, 6) is 0.504. The van der Waals surface area contributed by atoms with Crippen LogP contribution in [0.15, 0.2) is 48.2 Å². The van der Waals surface area contributed by atoms with Gasteiger partial charge in [-0.25, -0.2) is 4.79 Å². The smallest absolute Gasteiger partial charge is 0.308 e. The van der Waals surface area contributed by atoms with Gasteiger partial charge in [-0.3, -0.25) is 0 Å². The van der Waals surface area contributed by atoms with Crippen LogP contribution in [0.4, 0.5) is 10.5 Å². The highest BCUT2D eigenvalue weighted by Crippen LogP contribution is 2.21. The fraction of sp³-hybridized carbons (Fsp3) is 0.353. The lowest BCUT2D eigenvalue weighted by Crippen LogP contribution is -2.27. The number of benzene rings is 1. The minimum absolute atomic E-state index is 0.191. The summed E-state index contributed by atoms with van der Waals surface area (Å²) in [5, 5.41) is 5.74. The van der Waals surface area contributed by atoms with E-state index in [1.54, 1.807) is 0 Å². The van der Waals surface area contributed by atoms with Crippen LogP contribution in [0.2, 0.25) is 0 Å². The molecule has 1 aromatic rings. The van der Waals surface area contributed by atoms with Gasteiger partial charge < -0.3 is 10.6 Å². The van der Waals surface area contributed by atoms with Crippen molar-refractivity contribution in [3.05, 3.63) is 53.8 Å². The predicted molar refractivity (Wildman–Crippen MR) is 83.8 cm³/mol. The van der Waals surface area contributed by atoms with Crippen LogP contribution in [0.1, 0.15) is 44.6 Å². The van der Waals surface area contributed by atoms with Crippen molar-refractivity contribution in [1.29, 1.82) is 0 Å². The average molecular weight is 270 g/mol. The van der Waals surface area contributed by atoms with E-state index in [4.69, 9.17) is 0 Å². The van der Waals surface area contributed by atoms with Crippen LogP contribution in [0.5, 0.6) is 0 Å². The van der Waals surface area contributed by atoms with E-state index in [0.717, 1.165) is 30.6 Å². The van der Waals surface area contributed by atoms with Gasteiger partial charge in [0.05, 0.1) is 0 Å². The Balaban J connectivity index is 1.97. The van der Waals surface area contributed by atoms with Crippen LogP contribution >= 0.6 is 0 Å². The largest absolute Gasteiger partial charge is 0.323 e. The van der Waals surface area contributed by atoms with Crippen molar-refractivity contribution in [3.63, 3.8) is 0 Å². The van der Waals surface area contributed by atoms with Crippen LogP contribution in [-0.4, -0.2) is 6.03 Å². The third-order valence-corrected chi connectivity index (χ3v) is 3.58. The number of rotatable bonds is 4. The number of anilines is 1. The molecule has 0 spiro atoms. The fourth-order valence-corrected chi connectivity index (χ4v) is 2.16. The number of carbonyl (C=O) groups is 1. The van der Waals surface area contributed by atoms with Crippen molar-refractivity contribution in [3.8, 4) is 0 Å². The maximum Gasteiger partial charge on any atom is 0.323 e. The summed E-state index contributed by atoms with van der Waals surface area (Å²) in [5.41, 5.74) is 2.95. The molecule has 0 radical (unpaired) electrons. The number of nitrogens with one attached hydrogen (secondary N) is 2. The standard InChI is InChI=1S/C17H22N2O/c1-3-13(2)14-8-7-11-16(12-14)19-17(20)18-15-9-5-4-6-10-15/h5,7-13H,3-4,6H2,1-2H3,(H2,18,19,20). The Morgan fingerprint density at radius 1 is 1.30 bits per heavy atom. The molecule has 3 nitrogen and oxygen atoms in total. The van der Waals surface area contributed by atoms with E-state index < -0.39 is 0 Å². The zero-order chi connectivity index (χ0) is 14.4. The van der Waals surface area contributed by atoms with Crippen LogP contribution < -0.4 is 10.6 Å². The van der Waals surface area contributed by atoms with E-state index in [9.17, 15) is 4.79 Å². The summed E-state index contributed by atoms with van der Waals surface area (Å²) in [6.07, 6.45) is 9.17. The molecule has 1 aliphatic rings. The molecule has 3 heteroatoms. The molecule has 0 heterocycles. The minimum atomic E-state index is -0.191. The molecule has 0 aliphatic heterocycles.